The Hall–Kier alpha value is -2.93. The lowest BCUT2D eigenvalue weighted by molar-refractivity contribution is -0.132. The molecule has 1 aromatic heterocycles. The standard InChI is InChI=1S/C21H22N4O2S/c22-21(27)24-16(14-7-2-1-3-8-14)13-19(26)25-12-6-10-17(25)20-23-15-9-4-5-11-18(15)28-20/h1-5,7-9,11,16-17H,6,10,12-13H2,(H3,22,24,27)/t16-,17-/m1/s1. The van der Waals surface area contributed by atoms with E-state index in [0.29, 0.717) is 6.54 Å². The fourth-order valence-corrected chi connectivity index (χ4v) is 4.87. The van der Waals surface area contributed by atoms with E-state index in [-0.39, 0.29) is 18.4 Å². The molecule has 1 aliphatic heterocycles. The SMILES string of the molecule is NC(=O)N[C@H](CC(=O)N1CCC[C@@H]1c1nc2ccccc2s1)c1ccccc1. The molecular weight excluding hydrogens is 372 g/mol. The van der Waals surface area contributed by atoms with Crippen LogP contribution in [0.15, 0.2) is 54.6 Å². The van der Waals surface area contributed by atoms with Crippen molar-refractivity contribution in [1.29, 1.82) is 0 Å². The maximum atomic E-state index is 13.1. The van der Waals surface area contributed by atoms with E-state index in [9.17, 15) is 9.59 Å². The third kappa shape index (κ3) is 3.84. The van der Waals surface area contributed by atoms with Gasteiger partial charge in [-0.25, -0.2) is 9.78 Å². The summed E-state index contributed by atoms with van der Waals surface area (Å²) in [5.41, 5.74) is 7.18. The third-order valence-corrected chi connectivity index (χ3v) is 6.20. The van der Waals surface area contributed by atoms with Gasteiger partial charge in [0.05, 0.1) is 28.7 Å². The van der Waals surface area contributed by atoms with Crippen LogP contribution in [-0.4, -0.2) is 28.4 Å². The van der Waals surface area contributed by atoms with Gasteiger partial charge < -0.3 is 16.0 Å². The lowest BCUT2D eigenvalue weighted by atomic mass is 10.0. The van der Waals surface area contributed by atoms with Crippen LogP contribution in [0.4, 0.5) is 4.79 Å². The molecule has 2 heterocycles. The normalized spacial score (nSPS) is 17.6. The van der Waals surface area contributed by atoms with Crippen LogP contribution in [0.5, 0.6) is 0 Å². The van der Waals surface area contributed by atoms with Gasteiger partial charge in [0.15, 0.2) is 0 Å². The number of aromatic nitrogens is 1. The smallest absolute Gasteiger partial charge is 0.312 e. The molecule has 2 aromatic carbocycles. The molecule has 1 aliphatic rings. The Labute approximate surface area is 167 Å². The van der Waals surface area contributed by atoms with E-state index in [4.69, 9.17) is 10.7 Å². The van der Waals surface area contributed by atoms with E-state index in [0.717, 1.165) is 33.6 Å². The van der Waals surface area contributed by atoms with Crippen molar-refractivity contribution in [2.45, 2.75) is 31.3 Å². The number of hydrogen-bond acceptors (Lipinski definition) is 4. The van der Waals surface area contributed by atoms with Crippen LogP contribution in [0.2, 0.25) is 0 Å². The Morgan fingerprint density at radius 2 is 1.93 bits per heavy atom. The minimum absolute atomic E-state index is 0.00404. The summed E-state index contributed by atoms with van der Waals surface area (Å²) in [6, 6.07) is 16.4. The van der Waals surface area contributed by atoms with Gasteiger partial charge in [-0.1, -0.05) is 42.5 Å². The second kappa shape index (κ2) is 7.98. The molecule has 144 valence electrons. The van der Waals surface area contributed by atoms with Gasteiger partial charge in [0.2, 0.25) is 5.91 Å². The maximum Gasteiger partial charge on any atom is 0.312 e. The fourth-order valence-electron chi connectivity index (χ4n) is 3.76. The van der Waals surface area contributed by atoms with Crippen molar-refractivity contribution in [3.63, 3.8) is 0 Å². The van der Waals surface area contributed by atoms with Crippen LogP contribution in [0.25, 0.3) is 10.2 Å². The molecule has 0 saturated carbocycles. The molecule has 0 bridgehead atoms. The molecule has 1 saturated heterocycles. The topological polar surface area (TPSA) is 88.3 Å². The van der Waals surface area contributed by atoms with Crippen molar-refractivity contribution in [3.05, 3.63) is 65.2 Å². The summed E-state index contributed by atoms with van der Waals surface area (Å²) in [5, 5.41) is 3.68. The minimum atomic E-state index is -0.634. The Bertz CT molecular complexity index is 955. The summed E-state index contributed by atoms with van der Waals surface area (Å²) >= 11 is 1.65. The van der Waals surface area contributed by atoms with E-state index in [1.165, 1.54) is 0 Å². The third-order valence-electron chi connectivity index (χ3n) is 5.07. The molecule has 0 radical (unpaired) electrons. The number of amides is 3. The first-order valence-electron chi connectivity index (χ1n) is 9.37. The van der Waals surface area contributed by atoms with Crippen molar-refractivity contribution >= 4 is 33.5 Å². The lowest BCUT2D eigenvalue weighted by Crippen LogP contribution is -2.38. The number of primary amides is 1. The molecule has 3 amide bonds. The number of benzene rings is 2. The van der Waals surface area contributed by atoms with Crippen molar-refractivity contribution in [2.75, 3.05) is 6.54 Å². The summed E-state index contributed by atoms with van der Waals surface area (Å²) in [6.07, 6.45) is 2.03. The Morgan fingerprint density at radius 3 is 2.68 bits per heavy atom. The largest absolute Gasteiger partial charge is 0.352 e. The number of para-hydroxylation sites is 1. The number of nitrogens with zero attached hydrogens (tertiary/aromatic N) is 2. The highest BCUT2D eigenvalue weighted by Gasteiger charge is 2.33. The van der Waals surface area contributed by atoms with Crippen LogP contribution in [-0.2, 0) is 4.79 Å². The molecule has 3 N–H and O–H groups in total. The Balaban J connectivity index is 1.54. The van der Waals surface area contributed by atoms with Crippen molar-refractivity contribution in [1.82, 2.24) is 15.2 Å². The number of nitrogens with one attached hydrogen (secondary N) is 1. The van der Waals surface area contributed by atoms with Gasteiger partial charge in [-0.05, 0) is 30.5 Å². The molecule has 6 nitrogen and oxygen atoms in total. The number of likely N-dealkylation sites (tertiary alicyclic amines) is 1. The van der Waals surface area contributed by atoms with Gasteiger partial charge in [0.25, 0.3) is 0 Å². The summed E-state index contributed by atoms with van der Waals surface area (Å²) in [5.74, 6) is 0.00404. The maximum absolute atomic E-state index is 13.1. The van der Waals surface area contributed by atoms with Gasteiger partial charge in [0.1, 0.15) is 5.01 Å². The zero-order valence-corrected chi connectivity index (χ0v) is 16.2. The lowest BCUT2D eigenvalue weighted by Gasteiger charge is -2.26. The first-order chi connectivity index (χ1) is 13.6. The van der Waals surface area contributed by atoms with Crippen molar-refractivity contribution in [3.8, 4) is 0 Å². The number of carbonyl (C=O) groups is 2. The van der Waals surface area contributed by atoms with E-state index in [1.54, 1.807) is 11.3 Å². The first-order valence-corrected chi connectivity index (χ1v) is 10.2. The van der Waals surface area contributed by atoms with Crippen LogP contribution in [0.3, 0.4) is 0 Å². The van der Waals surface area contributed by atoms with Crippen molar-refractivity contribution < 1.29 is 9.59 Å². The molecule has 0 spiro atoms. The predicted molar refractivity (Wildman–Crippen MR) is 110 cm³/mol. The molecule has 28 heavy (non-hydrogen) atoms. The molecule has 0 aliphatic carbocycles. The molecule has 0 unspecified atom stereocenters. The molecule has 2 atom stereocenters. The number of thiazole rings is 1. The monoisotopic (exact) mass is 394 g/mol. The van der Waals surface area contributed by atoms with Crippen LogP contribution in [0, 0.1) is 0 Å². The summed E-state index contributed by atoms with van der Waals surface area (Å²) in [4.78, 5) is 31.2. The molecule has 7 heteroatoms. The molecular formula is C21H22N4O2S. The van der Waals surface area contributed by atoms with Gasteiger partial charge in [-0.2, -0.15) is 0 Å². The highest BCUT2D eigenvalue weighted by atomic mass is 32.1. The van der Waals surface area contributed by atoms with E-state index >= 15 is 0 Å². The number of urea groups is 1. The molecule has 3 aromatic rings. The van der Waals surface area contributed by atoms with Crippen molar-refractivity contribution in [2.24, 2.45) is 5.73 Å². The summed E-state index contributed by atoms with van der Waals surface area (Å²) in [6.45, 7) is 0.706. The number of rotatable bonds is 5. The van der Waals surface area contributed by atoms with Crippen LogP contribution in [0.1, 0.15) is 41.9 Å². The first kappa shape index (κ1) is 18.4. The fraction of sp³-hybridized carbons (Fsp3) is 0.286. The minimum Gasteiger partial charge on any atom is -0.352 e. The highest BCUT2D eigenvalue weighted by molar-refractivity contribution is 7.18. The highest BCUT2D eigenvalue weighted by Crippen LogP contribution is 2.37. The van der Waals surface area contributed by atoms with Crippen LogP contribution >= 0.6 is 11.3 Å². The Morgan fingerprint density at radius 1 is 1.18 bits per heavy atom. The average molecular weight is 395 g/mol. The van der Waals surface area contributed by atoms with E-state index in [2.05, 4.69) is 11.4 Å². The van der Waals surface area contributed by atoms with Crippen LogP contribution < -0.4 is 11.1 Å². The zero-order chi connectivity index (χ0) is 19.5. The van der Waals surface area contributed by atoms with Gasteiger partial charge >= 0.3 is 6.03 Å². The van der Waals surface area contributed by atoms with Gasteiger partial charge in [0, 0.05) is 6.54 Å². The van der Waals surface area contributed by atoms with E-state index < -0.39 is 12.1 Å². The second-order valence-electron chi connectivity index (χ2n) is 6.94. The van der Waals surface area contributed by atoms with Gasteiger partial charge in [-0.3, -0.25) is 4.79 Å². The van der Waals surface area contributed by atoms with Gasteiger partial charge in [-0.15, -0.1) is 11.3 Å². The van der Waals surface area contributed by atoms with E-state index in [1.807, 2.05) is 53.4 Å². The number of fused-ring (bicyclic) bond motifs is 1. The number of hydrogen-bond donors (Lipinski definition) is 2. The number of carbonyl (C=O) groups excluding carboxylic acids is 2. The summed E-state index contributed by atoms with van der Waals surface area (Å²) < 4.78 is 1.13. The predicted octanol–water partition coefficient (Wildman–Crippen LogP) is 3.76. The molecule has 1 fully saturated rings. The summed E-state index contributed by atoms with van der Waals surface area (Å²) in [7, 11) is 0. The quantitative estimate of drug-likeness (QED) is 0.691. The Kier molecular flexibility index (Phi) is 5.25. The number of nitrogens with two attached hydrogens (primary N) is 1. The second-order valence-corrected chi connectivity index (χ2v) is 8.00. The zero-order valence-electron chi connectivity index (χ0n) is 15.4. The average Bonchev–Trinajstić information content (AvgIpc) is 3.34. The molecule has 4 rings (SSSR count).